The van der Waals surface area contributed by atoms with Gasteiger partial charge in [-0.1, -0.05) is 42.1 Å². The van der Waals surface area contributed by atoms with Gasteiger partial charge in [0.15, 0.2) is 0 Å². The minimum Gasteiger partial charge on any atom is -0.369 e. The normalized spacial score (nSPS) is 9.84. The first-order valence-corrected chi connectivity index (χ1v) is 6.57. The van der Waals surface area contributed by atoms with Gasteiger partial charge in [0.2, 0.25) is 5.91 Å². The third-order valence-corrected chi connectivity index (χ3v) is 3.41. The number of primary amides is 1. The summed E-state index contributed by atoms with van der Waals surface area (Å²) >= 11 is 1.18. The molecule has 2 aromatic rings. The van der Waals surface area contributed by atoms with E-state index in [0.29, 0.717) is 10.6 Å². The third kappa shape index (κ3) is 3.33. The lowest BCUT2D eigenvalue weighted by molar-refractivity contribution is -0.115. The second-order valence-corrected chi connectivity index (χ2v) is 4.75. The van der Waals surface area contributed by atoms with Crippen LogP contribution in [-0.2, 0) is 4.79 Å². The van der Waals surface area contributed by atoms with Crippen molar-refractivity contribution in [3.8, 4) is 17.3 Å². The summed E-state index contributed by atoms with van der Waals surface area (Å²) < 4.78 is 0. The molecule has 0 saturated carbocycles. The second kappa shape index (κ2) is 6.03. The quantitative estimate of drug-likeness (QED) is 0.863. The first kappa shape index (κ1) is 13.1. The number of hydrogen-bond donors (Lipinski definition) is 1. The number of amides is 1. The van der Waals surface area contributed by atoms with Gasteiger partial charge in [-0.25, -0.2) is 4.98 Å². The highest BCUT2D eigenvalue weighted by atomic mass is 32.2. The lowest BCUT2D eigenvalue weighted by Gasteiger charge is -2.05. The molecule has 4 nitrogen and oxygen atoms in total. The number of thioether (sulfide) groups is 1. The molecular formula is C14H11N3OS. The molecule has 0 unspecified atom stereocenters. The Hall–Kier alpha value is -2.32. The van der Waals surface area contributed by atoms with Gasteiger partial charge < -0.3 is 5.73 Å². The zero-order chi connectivity index (χ0) is 13.7. The van der Waals surface area contributed by atoms with E-state index in [1.165, 1.54) is 11.8 Å². The van der Waals surface area contributed by atoms with Crippen LogP contribution in [0.1, 0.15) is 5.56 Å². The van der Waals surface area contributed by atoms with Crippen molar-refractivity contribution >= 4 is 17.7 Å². The molecule has 0 fully saturated rings. The molecule has 0 atom stereocenters. The number of hydrogen-bond acceptors (Lipinski definition) is 4. The fourth-order valence-electron chi connectivity index (χ4n) is 1.54. The highest BCUT2D eigenvalue weighted by Crippen LogP contribution is 2.24. The Morgan fingerprint density at radius 1 is 1.26 bits per heavy atom. The van der Waals surface area contributed by atoms with Crippen LogP contribution < -0.4 is 5.73 Å². The summed E-state index contributed by atoms with van der Waals surface area (Å²) in [6, 6.07) is 15.2. The number of aromatic nitrogens is 1. The summed E-state index contributed by atoms with van der Waals surface area (Å²) in [6.45, 7) is 0. The number of carbonyl (C=O) groups is 1. The SMILES string of the molecule is N#Cc1ccc(-c2ccccc2)nc1SCC(N)=O. The number of carbonyl (C=O) groups excluding carboxylic acids is 1. The van der Waals surface area contributed by atoms with E-state index in [9.17, 15) is 4.79 Å². The van der Waals surface area contributed by atoms with E-state index in [0.717, 1.165) is 11.3 Å². The second-order valence-electron chi connectivity index (χ2n) is 3.78. The Balaban J connectivity index is 2.36. The van der Waals surface area contributed by atoms with E-state index in [1.54, 1.807) is 12.1 Å². The lowest BCUT2D eigenvalue weighted by Crippen LogP contribution is -2.13. The largest absolute Gasteiger partial charge is 0.369 e. The Morgan fingerprint density at radius 2 is 2.00 bits per heavy atom. The number of nitrogens with zero attached hydrogens (tertiary/aromatic N) is 2. The predicted molar refractivity (Wildman–Crippen MR) is 74.3 cm³/mol. The molecule has 0 radical (unpaired) electrons. The van der Waals surface area contributed by atoms with Crippen molar-refractivity contribution in [2.75, 3.05) is 5.75 Å². The number of pyridine rings is 1. The zero-order valence-electron chi connectivity index (χ0n) is 10.0. The number of nitriles is 1. The predicted octanol–water partition coefficient (Wildman–Crippen LogP) is 2.20. The summed E-state index contributed by atoms with van der Waals surface area (Å²) in [5.41, 5.74) is 7.30. The van der Waals surface area contributed by atoms with Crippen molar-refractivity contribution in [2.24, 2.45) is 5.73 Å². The van der Waals surface area contributed by atoms with Crippen LogP contribution in [0.4, 0.5) is 0 Å². The first-order chi connectivity index (χ1) is 9.20. The maximum Gasteiger partial charge on any atom is 0.227 e. The Morgan fingerprint density at radius 3 is 2.63 bits per heavy atom. The maximum atomic E-state index is 10.8. The van der Waals surface area contributed by atoms with Crippen molar-refractivity contribution in [3.05, 3.63) is 48.0 Å². The van der Waals surface area contributed by atoms with Gasteiger partial charge in [-0.3, -0.25) is 4.79 Å². The van der Waals surface area contributed by atoms with E-state index in [2.05, 4.69) is 11.1 Å². The molecule has 1 aromatic heterocycles. The molecule has 1 heterocycles. The Kier molecular flexibility index (Phi) is 4.16. The molecule has 94 valence electrons. The molecule has 2 rings (SSSR count). The standard InChI is InChI=1S/C14H11N3OS/c15-8-11-6-7-12(10-4-2-1-3-5-10)17-14(11)19-9-13(16)18/h1-7H,9H2,(H2,16,18). The number of nitrogens with two attached hydrogens (primary N) is 1. The molecule has 0 aliphatic rings. The average Bonchev–Trinajstić information content (AvgIpc) is 2.45. The molecular weight excluding hydrogens is 258 g/mol. The van der Waals surface area contributed by atoms with Crippen molar-refractivity contribution in [1.82, 2.24) is 4.98 Å². The summed E-state index contributed by atoms with van der Waals surface area (Å²) in [5, 5.41) is 9.56. The van der Waals surface area contributed by atoms with Gasteiger partial charge in [-0.2, -0.15) is 5.26 Å². The smallest absolute Gasteiger partial charge is 0.227 e. The summed E-state index contributed by atoms with van der Waals surface area (Å²) in [5.74, 6) is -0.319. The average molecular weight is 269 g/mol. The van der Waals surface area contributed by atoms with Crippen LogP contribution >= 0.6 is 11.8 Å². The monoisotopic (exact) mass is 269 g/mol. The summed E-state index contributed by atoms with van der Waals surface area (Å²) in [7, 11) is 0. The fraction of sp³-hybridized carbons (Fsp3) is 0.0714. The van der Waals surface area contributed by atoms with Crippen molar-refractivity contribution in [1.29, 1.82) is 5.26 Å². The topological polar surface area (TPSA) is 79.8 Å². The van der Waals surface area contributed by atoms with Gasteiger partial charge >= 0.3 is 0 Å². The molecule has 0 aliphatic heterocycles. The highest BCUT2D eigenvalue weighted by Gasteiger charge is 2.08. The van der Waals surface area contributed by atoms with Crippen LogP contribution in [-0.4, -0.2) is 16.6 Å². The molecule has 0 aliphatic carbocycles. The molecule has 0 saturated heterocycles. The molecule has 5 heteroatoms. The first-order valence-electron chi connectivity index (χ1n) is 5.58. The number of benzene rings is 1. The molecule has 19 heavy (non-hydrogen) atoms. The van der Waals surface area contributed by atoms with Crippen LogP contribution in [0.5, 0.6) is 0 Å². The van der Waals surface area contributed by atoms with E-state index in [-0.39, 0.29) is 5.75 Å². The molecule has 2 N–H and O–H groups in total. The van der Waals surface area contributed by atoms with E-state index < -0.39 is 5.91 Å². The maximum absolute atomic E-state index is 10.8. The van der Waals surface area contributed by atoms with Crippen LogP contribution in [0, 0.1) is 11.3 Å². The van der Waals surface area contributed by atoms with E-state index >= 15 is 0 Å². The van der Waals surface area contributed by atoms with Crippen LogP contribution in [0.2, 0.25) is 0 Å². The van der Waals surface area contributed by atoms with Gasteiger partial charge in [-0.15, -0.1) is 0 Å². The van der Waals surface area contributed by atoms with Gasteiger partial charge in [0.1, 0.15) is 11.1 Å². The van der Waals surface area contributed by atoms with Gasteiger partial charge in [0, 0.05) is 5.56 Å². The van der Waals surface area contributed by atoms with Gasteiger partial charge in [0.25, 0.3) is 0 Å². The summed E-state index contributed by atoms with van der Waals surface area (Å²) in [6.07, 6.45) is 0. The molecule has 1 aromatic carbocycles. The minimum atomic E-state index is -0.430. The van der Waals surface area contributed by atoms with E-state index in [4.69, 9.17) is 11.0 Å². The van der Waals surface area contributed by atoms with Gasteiger partial charge in [0.05, 0.1) is 17.0 Å². The van der Waals surface area contributed by atoms with Gasteiger partial charge in [-0.05, 0) is 12.1 Å². The lowest BCUT2D eigenvalue weighted by atomic mass is 10.1. The van der Waals surface area contributed by atoms with Crippen LogP contribution in [0.15, 0.2) is 47.5 Å². The molecule has 1 amide bonds. The third-order valence-electron chi connectivity index (χ3n) is 2.40. The van der Waals surface area contributed by atoms with Crippen molar-refractivity contribution < 1.29 is 4.79 Å². The van der Waals surface area contributed by atoms with Crippen molar-refractivity contribution in [3.63, 3.8) is 0 Å². The number of rotatable bonds is 4. The van der Waals surface area contributed by atoms with Crippen molar-refractivity contribution in [2.45, 2.75) is 5.03 Å². The van der Waals surface area contributed by atoms with Crippen LogP contribution in [0.3, 0.4) is 0 Å². The Labute approximate surface area is 115 Å². The van der Waals surface area contributed by atoms with E-state index in [1.807, 2.05) is 30.3 Å². The Bertz CT molecular complexity index is 635. The van der Waals surface area contributed by atoms with Crippen LogP contribution in [0.25, 0.3) is 11.3 Å². The fourth-order valence-corrected chi connectivity index (χ4v) is 2.26. The zero-order valence-corrected chi connectivity index (χ0v) is 10.9. The molecule has 0 spiro atoms. The summed E-state index contributed by atoms with van der Waals surface area (Å²) in [4.78, 5) is 15.2. The highest BCUT2D eigenvalue weighted by molar-refractivity contribution is 7.99. The molecule has 0 bridgehead atoms. The minimum absolute atomic E-state index is 0.111.